The molecule has 0 fully saturated rings. The number of nitrogens with zero attached hydrogens (tertiary/aromatic N) is 4. The molecule has 13 heteroatoms. The number of pyridine rings is 2. The summed E-state index contributed by atoms with van der Waals surface area (Å²) in [5, 5.41) is 3.56. The SMILES string of the molecule is CCC(=CC=C(C)C)Oc1ccc(-c2oc3cc(N(C)S(C)(=O)=O)c(-c4ccc5c(n4)-c4cc6c(F)cccc6n4CO5)cc3c2C(=O)NC)cn1. The molecule has 2 aromatic carbocycles. The van der Waals surface area contributed by atoms with Crippen molar-refractivity contribution in [1.82, 2.24) is 19.9 Å². The number of sulfonamides is 1. The van der Waals surface area contributed by atoms with Gasteiger partial charge in [-0.2, -0.15) is 0 Å². The normalized spacial score (nSPS) is 12.6. The number of allylic oxidation sites excluding steroid dienone is 4. The van der Waals surface area contributed by atoms with Gasteiger partial charge in [0, 0.05) is 60.7 Å². The average Bonchev–Trinajstić information content (AvgIpc) is 3.71. The monoisotopic (exact) mass is 721 g/mol. The van der Waals surface area contributed by atoms with E-state index in [4.69, 9.17) is 18.9 Å². The maximum absolute atomic E-state index is 14.8. The van der Waals surface area contributed by atoms with Crippen molar-refractivity contribution in [1.29, 1.82) is 0 Å². The van der Waals surface area contributed by atoms with Gasteiger partial charge in [0.2, 0.25) is 15.9 Å². The van der Waals surface area contributed by atoms with Crippen molar-refractivity contribution in [3.05, 3.63) is 102 Å². The van der Waals surface area contributed by atoms with Gasteiger partial charge >= 0.3 is 0 Å². The van der Waals surface area contributed by atoms with Crippen molar-refractivity contribution in [2.75, 3.05) is 24.7 Å². The first-order valence-corrected chi connectivity index (χ1v) is 18.4. The number of rotatable bonds is 9. The number of fused-ring (bicyclic) bond motifs is 6. The number of nitrogens with one attached hydrogen (secondary N) is 1. The van der Waals surface area contributed by atoms with Crippen LogP contribution in [0.5, 0.6) is 11.6 Å². The van der Waals surface area contributed by atoms with Crippen LogP contribution in [0.4, 0.5) is 10.1 Å². The zero-order valence-electron chi connectivity index (χ0n) is 29.4. The summed E-state index contributed by atoms with van der Waals surface area (Å²) in [4.78, 5) is 23.0. The number of ether oxygens (including phenoxy) is 2. The number of carbonyl (C=O) groups excluding carboxylic acids is 1. The molecule has 6 aromatic rings. The molecule has 52 heavy (non-hydrogen) atoms. The molecule has 1 aliphatic rings. The van der Waals surface area contributed by atoms with Gasteiger partial charge in [-0.1, -0.05) is 24.6 Å². The second-order valence-electron chi connectivity index (χ2n) is 12.6. The molecule has 0 saturated heterocycles. The predicted octanol–water partition coefficient (Wildman–Crippen LogP) is 8.06. The second-order valence-corrected chi connectivity index (χ2v) is 14.7. The van der Waals surface area contributed by atoms with Gasteiger partial charge in [-0.15, -0.1) is 0 Å². The first-order valence-electron chi connectivity index (χ1n) is 16.5. The zero-order chi connectivity index (χ0) is 36.9. The molecule has 0 spiro atoms. The van der Waals surface area contributed by atoms with E-state index < -0.39 is 15.9 Å². The van der Waals surface area contributed by atoms with Gasteiger partial charge in [0.1, 0.15) is 34.4 Å². The molecule has 0 unspecified atom stereocenters. The Morgan fingerprint density at radius 2 is 1.90 bits per heavy atom. The molecule has 11 nitrogen and oxygen atoms in total. The number of halogens is 1. The standard InChI is InChI=1S/C39H36FN5O6S/c1-7-24(13-11-22(2)3)50-35-16-12-23(20-42-35)38-36(39(46)41-4)27-17-26(31(19-34(27)51-38)44(5)52(6,47)48)29-14-15-33-37(43-29)32-18-25-28(40)9-8-10-30(25)45(32)21-49-33/h8-20H,7,21H2,1-6H3,(H,41,46). The summed E-state index contributed by atoms with van der Waals surface area (Å²) in [7, 11) is -0.809. The Kier molecular flexibility index (Phi) is 8.83. The molecule has 266 valence electrons. The van der Waals surface area contributed by atoms with E-state index in [-0.39, 0.29) is 35.1 Å². The highest BCUT2D eigenvalue weighted by Gasteiger charge is 2.28. The molecule has 0 radical (unpaired) electrons. The second kappa shape index (κ2) is 13.3. The predicted molar refractivity (Wildman–Crippen MR) is 199 cm³/mol. The summed E-state index contributed by atoms with van der Waals surface area (Å²) in [6, 6.07) is 16.8. The molecule has 0 aliphatic carbocycles. The van der Waals surface area contributed by atoms with Crippen LogP contribution in [0.25, 0.3) is 55.8 Å². The van der Waals surface area contributed by atoms with E-state index in [0.29, 0.717) is 62.5 Å². The molecule has 7 rings (SSSR count). The third-order valence-electron chi connectivity index (χ3n) is 8.90. The minimum absolute atomic E-state index is 0.173. The smallest absolute Gasteiger partial charge is 0.255 e. The van der Waals surface area contributed by atoms with E-state index in [0.717, 1.165) is 21.9 Å². The van der Waals surface area contributed by atoms with E-state index in [2.05, 4.69) is 10.3 Å². The van der Waals surface area contributed by atoms with Crippen LogP contribution in [0.1, 0.15) is 37.6 Å². The van der Waals surface area contributed by atoms with Gasteiger partial charge in [0.05, 0.1) is 34.4 Å². The van der Waals surface area contributed by atoms with Gasteiger partial charge < -0.3 is 23.8 Å². The van der Waals surface area contributed by atoms with Crippen molar-refractivity contribution >= 4 is 43.5 Å². The Morgan fingerprint density at radius 1 is 1.10 bits per heavy atom. The first kappa shape index (κ1) is 34.5. The number of hydrogen-bond acceptors (Lipinski definition) is 8. The fourth-order valence-corrected chi connectivity index (χ4v) is 6.65. The molecule has 1 aliphatic heterocycles. The van der Waals surface area contributed by atoms with E-state index in [1.807, 2.05) is 43.6 Å². The molecular formula is C39H36FN5O6S. The zero-order valence-corrected chi connectivity index (χ0v) is 30.3. The van der Waals surface area contributed by atoms with Crippen LogP contribution >= 0.6 is 0 Å². The number of carbonyl (C=O) groups is 1. The van der Waals surface area contributed by atoms with Crippen LogP contribution in [-0.4, -0.2) is 49.2 Å². The first-order chi connectivity index (χ1) is 24.9. The number of furan rings is 1. The molecule has 1 N–H and O–H groups in total. The van der Waals surface area contributed by atoms with Crippen LogP contribution in [0, 0.1) is 5.82 Å². The maximum Gasteiger partial charge on any atom is 0.255 e. The number of aromatic nitrogens is 3. The highest BCUT2D eigenvalue weighted by Crippen LogP contribution is 2.44. The Morgan fingerprint density at radius 3 is 2.60 bits per heavy atom. The molecular weight excluding hydrogens is 686 g/mol. The number of amides is 1. The van der Waals surface area contributed by atoms with Crippen molar-refractivity contribution in [2.45, 2.75) is 33.9 Å². The van der Waals surface area contributed by atoms with Gasteiger partial charge in [0.15, 0.2) is 6.73 Å². The summed E-state index contributed by atoms with van der Waals surface area (Å²) < 4.78 is 62.0. The van der Waals surface area contributed by atoms with Crippen LogP contribution in [0.2, 0.25) is 0 Å². The summed E-state index contributed by atoms with van der Waals surface area (Å²) in [5.74, 6) is 1.07. The van der Waals surface area contributed by atoms with Gasteiger partial charge in [-0.3, -0.25) is 9.10 Å². The van der Waals surface area contributed by atoms with Gasteiger partial charge in [-0.05, 0) is 62.4 Å². The lowest BCUT2D eigenvalue weighted by atomic mass is 10.0. The fraction of sp³-hybridized carbons (Fsp3) is 0.205. The maximum atomic E-state index is 14.8. The minimum atomic E-state index is -3.76. The van der Waals surface area contributed by atoms with Gasteiger partial charge in [-0.25, -0.2) is 22.8 Å². The molecule has 5 heterocycles. The average molecular weight is 722 g/mol. The molecule has 0 bridgehead atoms. The Hall–Kier alpha value is -5.95. The molecule has 4 aromatic heterocycles. The quantitative estimate of drug-likeness (QED) is 0.117. The largest absolute Gasteiger partial charge is 0.470 e. The lowest BCUT2D eigenvalue weighted by Gasteiger charge is -2.23. The molecule has 0 saturated carbocycles. The third kappa shape index (κ3) is 6.17. The highest BCUT2D eigenvalue weighted by molar-refractivity contribution is 7.92. The highest BCUT2D eigenvalue weighted by atomic mass is 32.2. The van der Waals surface area contributed by atoms with Crippen molar-refractivity contribution in [2.24, 2.45) is 0 Å². The Bertz CT molecular complexity index is 2570. The summed E-state index contributed by atoms with van der Waals surface area (Å²) in [6.45, 7) is 6.16. The van der Waals surface area contributed by atoms with Gasteiger partial charge in [0.25, 0.3) is 5.91 Å². The number of anilines is 1. The number of benzene rings is 2. The van der Waals surface area contributed by atoms with E-state index in [9.17, 15) is 17.6 Å². The lowest BCUT2D eigenvalue weighted by Crippen LogP contribution is -2.25. The van der Waals surface area contributed by atoms with Crippen molar-refractivity contribution in [3.63, 3.8) is 0 Å². The molecule has 0 atom stereocenters. The van der Waals surface area contributed by atoms with Crippen LogP contribution < -0.4 is 19.1 Å². The lowest BCUT2D eigenvalue weighted by molar-refractivity contribution is 0.0964. The summed E-state index contributed by atoms with van der Waals surface area (Å²) in [6.07, 6.45) is 7.19. The Labute approximate surface area is 300 Å². The number of hydrogen-bond donors (Lipinski definition) is 1. The third-order valence-corrected chi connectivity index (χ3v) is 10.1. The van der Waals surface area contributed by atoms with Crippen molar-refractivity contribution in [3.8, 4) is 45.6 Å². The molecule has 1 amide bonds. The van der Waals surface area contributed by atoms with E-state index in [1.54, 1.807) is 54.7 Å². The summed E-state index contributed by atoms with van der Waals surface area (Å²) in [5.41, 5.74) is 5.01. The Balaban J connectivity index is 1.39. The fourth-order valence-electron chi connectivity index (χ4n) is 6.14. The minimum Gasteiger partial charge on any atom is -0.470 e. The van der Waals surface area contributed by atoms with E-state index >= 15 is 0 Å². The topological polar surface area (TPSA) is 129 Å². The van der Waals surface area contributed by atoms with E-state index in [1.165, 1.54) is 20.2 Å². The van der Waals surface area contributed by atoms with Crippen LogP contribution in [0.3, 0.4) is 0 Å². The van der Waals surface area contributed by atoms with Crippen molar-refractivity contribution < 1.29 is 31.5 Å². The summed E-state index contributed by atoms with van der Waals surface area (Å²) >= 11 is 0. The van der Waals surface area contributed by atoms with Crippen LogP contribution in [0.15, 0.2) is 94.8 Å². The van der Waals surface area contributed by atoms with Crippen LogP contribution in [-0.2, 0) is 16.8 Å².